The van der Waals surface area contributed by atoms with Gasteiger partial charge in [0.2, 0.25) is 5.91 Å². The number of amides is 1. The summed E-state index contributed by atoms with van der Waals surface area (Å²) in [7, 11) is 3.67. The van der Waals surface area contributed by atoms with Crippen molar-refractivity contribution in [1.82, 2.24) is 10.2 Å². The van der Waals surface area contributed by atoms with Gasteiger partial charge >= 0.3 is 5.97 Å². The van der Waals surface area contributed by atoms with Gasteiger partial charge in [-0.25, -0.2) is 0 Å². The lowest BCUT2D eigenvalue weighted by Crippen LogP contribution is -2.47. The lowest BCUT2D eigenvalue weighted by molar-refractivity contribution is -0.137. The summed E-state index contributed by atoms with van der Waals surface area (Å²) in [5.74, 6) is -1.14. The van der Waals surface area contributed by atoms with E-state index in [0.717, 1.165) is 0 Å². The second-order valence-corrected chi connectivity index (χ2v) is 4.76. The summed E-state index contributed by atoms with van der Waals surface area (Å²) in [5, 5.41) is 20.9. The summed E-state index contributed by atoms with van der Waals surface area (Å²) >= 11 is 0. The third kappa shape index (κ3) is 9.77. The van der Waals surface area contributed by atoms with Gasteiger partial charge in [0.25, 0.3) is 0 Å². The molecular formula is C11H22N2O4. The molecule has 100 valence electrons. The Kier molecular flexibility index (Phi) is 6.75. The molecule has 0 radical (unpaired) electrons. The fourth-order valence-electron chi connectivity index (χ4n) is 1.51. The quantitative estimate of drug-likeness (QED) is 0.545. The zero-order valence-electron chi connectivity index (χ0n) is 10.7. The SMILES string of the molecule is CN(C)CC(C)(O)CNC(=O)CCCC(=O)O. The maximum absolute atomic E-state index is 11.3. The van der Waals surface area contributed by atoms with Crippen LogP contribution in [0.1, 0.15) is 26.2 Å². The number of carboxylic acids is 1. The Balaban J connectivity index is 3.79. The fourth-order valence-corrected chi connectivity index (χ4v) is 1.51. The number of hydrogen-bond acceptors (Lipinski definition) is 4. The van der Waals surface area contributed by atoms with Gasteiger partial charge in [-0.3, -0.25) is 9.59 Å². The molecule has 0 saturated carbocycles. The molecule has 3 N–H and O–H groups in total. The van der Waals surface area contributed by atoms with Crippen LogP contribution in [-0.2, 0) is 9.59 Å². The van der Waals surface area contributed by atoms with E-state index in [1.807, 2.05) is 19.0 Å². The summed E-state index contributed by atoms with van der Waals surface area (Å²) in [6.45, 7) is 2.25. The summed E-state index contributed by atoms with van der Waals surface area (Å²) in [6, 6.07) is 0. The van der Waals surface area contributed by atoms with E-state index in [1.165, 1.54) is 0 Å². The molecule has 0 rings (SSSR count). The first-order valence-electron chi connectivity index (χ1n) is 5.58. The Morgan fingerprint density at radius 2 is 1.88 bits per heavy atom. The highest BCUT2D eigenvalue weighted by atomic mass is 16.4. The zero-order chi connectivity index (χ0) is 13.5. The lowest BCUT2D eigenvalue weighted by Gasteiger charge is -2.27. The molecule has 0 heterocycles. The summed E-state index contributed by atoms with van der Waals surface area (Å²) in [4.78, 5) is 23.4. The smallest absolute Gasteiger partial charge is 0.303 e. The molecule has 0 bridgehead atoms. The predicted octanol–water partition coefficient (Wildman–Crippen LogP) is -0.330. The van der Waals surface area contributed by atoms with Crippen LogP contribution in [0.3, 0.4) is 0 Å². The normalized spacial score (nSPS) is 14.4. The Labute approximate surface area is 102 Å². The number of carbonyl (C=O) groups is 2. The van der Waals surface area contributed by atoms with Crippen molar-refractivity contribution in [3.05, 3.63) is 0 Å². The first-order valence-corrected chi connectivity index (χ1v) is 5.58. The highest BCUT2D eigenvalue weighted by molar-refractivity contribution is 5.76. The molecule has 0 fully saturated rings. The van der Waals surface area contributed by atoms with E-state index in [-0.39, 0.29) is 25.3 Å². The van der Waals surface area contributed by atoms with Gasteiger partial charge in [0.05, 0.1) is 5.60 Å². The number of carbonyl (C=O) groups excluding carboxylic acids is 1. The van der Waals surface area contributed by atoms with E-state index < -0.39 is 11.6 Å². The van der Waals surface area contributed by atoms with Gasteiger partial charge in [0.1, 0.15) is 0 Å². The number of hydrogen-bond donors (Lipinski definition) is 3. The van der Waals surface area contributed by atoms with Crippen molar-refractivity contribution in [2.45, 2.75) is 31.8 Å². The number of aliphatic hydroxyl groups is 1. The molecule has 0 aliphatic carbocycles. The van der Waals surface area contributed by atoms with Gasteiger partial charge in [-0.2, -0.15) is 0 Å². The van der Waals surface area contributed by atoms with Crippen LogP contribution in [0.2, 0.25) is 0 Å². The van der Waals surface area contributed by atoms with Gasteiger partial charge in [-0.1, -0.05) is 0 Å². The highest BCUT2D eigenvalue weighted by Gasteiger charge is 2.21. The third-order valence-electron chi connectivity index (χ3n) is 2.12. The maximum atomic E-state index is 11.3. The number of carboxylic acid groups (broad SMARTS) is 1. The van der Waals surface area contributed by atoms with E-state index in [9.17, 15) is 14.7 Å². The van der Waals surface area contributed by atoms with E-state index in [4.69, 9.17) is 5.11 Å². The van der Waals surface area contributed by atoms with Gasteiger partial charge in [0.15, 0.2) is 0 Å². The Bertz CT molecular complexity index is 264. The Hall–Kier alpha value is -1.14. The average molecular weight is 246 g/mol. The number of nitrogens with one attached hydrogen (secondary N) is 1. The van der Waals surface area contributed by atoms with E-state index >= 15 is 0 Å². The van der Waals surface area contributed by atoms with E-state index in [0.29, 0.717) is 13.0 Å². The first kappa shape index (κ1) is 15.9. The molecule has 17 heavy (non-hydrogen) atoms. The van der Waals surface area contributed by atoms with Crippen LogP contribution >= 0.6 is 0 Å². The van der Waals surface area contributed by atoms with Crippen LogP contribution < -0.4 is 5.32 Å². The largest absolute Gasteiger partial charge is 0.481 e. The fraction of sp³-hybridized carbons (Fsp3) is 0.818. The molecule has 0 spiro atoms. The number of rotatable bonds is 8. The Morgan fingerprint density at radius 1 is 1.29 bits per heavy atom. The molecule has 0 aromatic heterocycles. The van der Waals surface area contributed by atoms with Crippen molar-refractivity contribution < 1.29 is 19.8 Å². The molecule has 1 unspecified atom stereocenters. The van der Waals surface area contributed by atoms with Gasteiger partial charge in [0, 0.05) is 25.9 Å². The number of likely N-dealkylation sites (N-methyl/N-ethyl adjacent to an activating group) is 1. The van der Waals surface area contributed by atoms with Crippen molar-refractivity contribution in [1.29, 1.82) is 0 Å². The third-order valence-corrected chi connectivity index (χ3v) is 2.12. The second-order valence-electron chi connectivity index (χ2n) is 4.76. The molecule has 0 aromatic carbocycles. The van der Waals surface area contributed by atoms with Crippen molar-refractivity contribution in [2.75, 3.05) is 27.2 Å². The van der Waals surface area contributed by atoms with Crippen LogP contribution in [0, 0.1) is 0 Å². The van der Waals surface area contributed by atoms with E-state index in [2.05, 4.69) is 5.32 Å². The molecule has 1 amide bonds. The average Bonchev–Trinajstić information content (AvgIpc) is 2.12. The monoisotopic (exact) mass is 246 g/mol. The number of nitrogens with zero attached hydrogens (tertiary/aromatic N) is 1. The topological polar surface area (TPSA) is 89.9 Å². The molecule has 0 aromatic rings. The van der Waals surface area contributed by atoms with Crippen molar-refractivity contribution in [3.8, 4) is 0 Å². The summed E-state index contributed by atoms with van der Waals surface area (Å²) in [6.07, 6.45) is 0.475. The van der Waals surface area contributed by atoms with Gasteiger partial charge in [-0.05, 0) is 27.4 Å². The minimum Gasteiger partial charge on any atom is -0.481 e. The second kappa shape index (κ2) is 7.24. The molecule has 6 heteroatoms. The van der Waals surface area contributed by atoms with Crippen LogP contribution in [0.4, 0.5) is 0 Å². The highest BCUT2D eigenvalue weighted by Crippen LogP contribution is 2.03. The van der Waals surface area contributed by atoms with E-state index in [1.54, 1.807) is 6.92 Å². The predicted molar refractivity (Wildman–Crippen MR) is 63.7 cm³/mol. The van der Waals surface area contributed by atoms with Gasteiger partial charge in [-0.15, -0.1) is 0 Å². The molecule has 0 aliphatic rings. The zero-order valence-corrected chi connectivity index (χ0v) is 10.7. The number of aliphatic carboxylic acids is 1. The van der Waals surface area contributed by atoms with Crippen molar-refractivity contribution in [2.24, 2.45) is 0 Å². The van der Waals surface area contributed by atoms with Crippen LogP contribution in [0.25, 0.3) is 0 Å². The molecular weight excluding hydrogens is 224 g/mol. The van der Waals surface area contributed by atoms with Crippen molar-refractivity contribution in [3.63, 3.8) is 0 Å². The lowest BCUT2D eigenvalue weighted by atomic mass is 10.1. The van der Waals surface area contributed by atoms with Crippen LogP contribution in [0.5, 0.6) is 0 Å². The summed E-state index contributed by atoms with van der Waals surface area (Å²) < 4.78 is 0. The Morgan fingerprint density at radius 3 is 2.35 bits per heavy atom. The van der Waals surface area contributed by atoms with Gasteiger partial charge < -0.3 is 20.4 Å². The minimum atomic E-state index is -0.980. The minimum absolute atomic E-state index is 0.0124. The summed E-state index contributed by atoms with van der Waals surface area (Å²) in [5.41, 5.74) is -0.980. The van der Waals surface area contributed by atoms with Crippen molar-refractivity contribution >= 4 is 11.9 Å². The van der Waals surface area contributed by atoms with Crippen LogP contribution in [-0.4, -0.2) is 59.8 Å². The van der Waals surface area contributed by atoms with Crippen LogP contribution in [0.15, 0.2) is 0 Å². The standard InChI is InChI=1S/C11H22N2O4/c1-11(17,8-13(2)3)7-12-9(14)5-4-6-10(15)16/h17H,4-8H2,1-3H3,(H,12,14)(H,15,16). The molecule has 1 atom stereocenters. The first-order chi connectivity index (χ1) is 7.73. The molecule has 0 aliphatic heterocycles. The molecule has 0 saturated heterocycles. The maximum Gasteiger partial charge on any atom is 0.303 e. The molecule has 6 nitrogen and oxygen atoms in total.